The average Bonchev–Trinajstić information content (AvgIpc) is 2.63. The molecule has 2 aromatic rings. The molecule has 1 fully saturated rings. The highest BCUT2D eigenvalue weighted by Crippen LogP contribution is 2.39. The molecule has 26 heavy (non-hydrogen) atoms. The van der Waals surface area contributed by atoms with Gasteiger partial charge < -0.3 is 9.84 Å². The van der Waals surface area contributed by atoms with Gasteiger partial charge in [0.1, 0.15) is 5.75 Å². The Balaban J connectivity index is 2.01. The lowest BCUT2D eigenvalue weighted by atomic mass is 9.91. The summed E-state index contributed by atoms with van der Waals surface area (Å²) in [7, 11) is 1.68. The quantitative estimate of drug-likeness (QED) is 0.643. The molecule has 3 rings (SSSR count). The predicted molar refractivity (Wildman–Crippen MR) is 109 cm³/mol. The summed E-state index contributed by atoms with van der Waals surface area (Å²) in [6, 6.07) is 14.3. The Morgan fingerprint density at radius 1 is 1.15 bits per heavy atom. The molecule has 0 spiro atoms. The molecule has 6 heteroatoms. The van der Waals surface area contributed by atoms with Crippen LogP contribution in [0.4, 0.5) is 0 Å². The third-order valence-corrected chi connectivity index (χ3v) is 5.88. The van der Waals surface area contributed by atoms with E-state index in [0.717, 1.165) is 38.9 Å². The van der Waals surface area contributed by atoms with Gasteiger partial charge in [-0.1, -0.05) is 44.0 Å². The Morgan fingerprint density at radius 3 is 2.46 bits per heavy atom. The van der Waals surface area contributed by atoms with E-state index in [-0.39, 0.29) is 12.0 Å². The van der Waals surface area contributed by atoms with E-state index < -0.39 is 5.97 Å². The summed E-state index contributed by atoms with van der Waals surface area (Å²) in [5.74, 6) is -0.110. The topological polar surface area (TPSA) is 49.8 Å². The van der Waals surface area contributed by atoms with E-state index in [1.807, 2.05) is 24.3 Å². The van der Waals surface area contributed by atoms with Crippen LogP contribution in [0.3, 0.4) is 0 Å². The van der Waals surface area contributed by atoms with Crippen molar-refractivity contribution in [2.24, 2.45) is 5.92 Å². The van der Waals surface area contributed by atoms with E-state index in [0.29, 0.717) is 12.8 Å². The van der Waals surface area contributed by atoms with Crippen LogP contribution < -0.4 is 4.74 Å². The summed E-state index contributed by atoms with van der Waals surface area (Å²) in [5, 5.41) is 9.30. The summed E-state index contributed by atoms with van der Waals surface area (Å²) >= 11 is 7.14. The minimum Gasteiger partial charge on any atom is -0.496 e. The molecule has 0 aromatic heterocycles. The van der Waals surface area contributed by atoms with E-state index in [9.17, 15) is 9.90 Å². The fourth-order valence-corrected chi connectivity index (χ4v) is 4.38. The lowest BCUT2D eigenvalue weighted by Gasteiger charge is -2.37. The van der Waals surface area contributed by atoms with Gasteiger partial charge in [-0.25, -0.2) is 0 Å². The first-order valence-electron chi connectivity index (χ1n) is 8.55. The maximum absolute atomic E-state index is 11.3. The molecule has 1 aliphatic heterocycles. The van der Waals surface area contributed by atoms with Crippen LogP contribution in [0.1, 0.15) is 30.0 Å². The zero-order chi connectivity index (χ0) is 18.7. The second-order valence-corrected chi connectivity index (χ2v) is 8.32. The number of nitrogens with zero attached hydrogens (tertiary/aromatic N) is 1. The van der Waals surface area contributed by atoms with Crippen molar-refractivity contribution in [3.8, 4) is 5.75 Å². The van der Waals surface area contributed by atoms with Crippen molar-refractivity contribution in [1.82, 2.24) is 4.90 Å². The molecule has 2 aromatic carbocycles. The van der Waals surface area contributed by atoms with Gasteiger partial charge in [0.15, 0.2) is 0 Å². The molecule has 1 saturated heterocycles. The molecule has 0 radical (unpaired) electrons. The molecule has 0 bridgehead atoms. The fraction of sp³-hybridized carbons (Fsp3) is 0.350. The van der Waals surface area contributed by atoms with E-state index >= 15 is 0 Å². The Kier molecular flexibility index (Phi) is 6.37. The minimum absolute atomic E-state index is 0.00898. The summed E-state index contributed by atoms with van der Waals surface area (Å²) in [6.07, 6.45) is 1.33. The van der Waals surface area contributed by atoms with Crippen LogP contribution in [0.25, 0.3) is 0 Å². The number of carboxylic acid groups (broad SMARTS) is 1. The minimum atomic E-state index is -0.691. The zero-order valence-electron chi connectivity index (χ0n) is 14.5. The molecule has 0 aliphatic carbocycles. The van der Waals surface area contributed by atoms with Crippen molar-refractivity contribution < 1.29 is 14.6 Å². The Bertz CT molecular complexity index is 788. The van der Waals surface area contributed by atoms with E-state index in [1.54, 1.807) is 7.11 Å². The summed E-state index contributed by atoms with van der Waals surface area (Å²) in [5.41, 5.74) is 2.23. The maximum atomic E-state index is 11.3. The Hall–Kier alpha value is -1.37. The Morgan fingerprint density at radius 2 is 1.85 bits per heavy atom. The van der Waals surface area contributed by atoms with Crippen molar-refractivity contribution in [2.45, 2.75) is 18.9 Å². The number of carbonyl (C=O) groups is 1. The highest BCUT2D eigenvalue weighted by molar-refractivity contribution is 9.10. The number of methoxy groups -OCH3 is 1. The molecule has 0 saturated carbocycles. The maximum Gasteiger partial charge on any atom is 0.306 e. The van der Waals surface area contributed by atoms with E-state index in [1.165, 1.54) is 0 Å². The van der Waals surface area contributed by atoms with Crippen LogP contribution in [0.15, 0.2) is 51.4 Å². The molecule has 1 aliphatic rings. The van der Waals surface area contributed by atoms with Crippen LogP contribution in [-0.4, -0.2) is 36.2 Å². The number of hydrogen-bond donors (Lipinski definition) is 1. The van der Waals surface area contributed by atoms with Gasteiger partial charge >= 0.3 is 5.97 Å². The highest BCUT2D eigenvalue weighted by atomic mass is 79.9. The monoisotopic (exact) mass is 481 g/mol. The van der Waals surface area contributed by atoms with Gasteiger partial charge in [0.2, 0.25) is 0 Å². The van der Waals surface area contributed by atoms with Crippen molar-refractivity contribution in [2.75, 3.05) is 20.2 Å². The van der Waals surface area contributed by atoms with Gasteiger partial charge in [0.25, 0.3) is 0 Å². The number of rotatable bonds is 5. The third kappa shape index (κ3) is 4.30. The molecule has 0 amide bonds. The smallest absolute Gasteiger partial charge is 0.306 e. The summed E-state index contributed by atoms with van der Waals surface area (Å²) in [4.78, 5) is 13.7. The number of hydrogen-bond acceptors (Lipinski definition) is 3. The summed E-state index contributed by atoms with van der Waals surface area (Å²) < 4.78 is 7.65. The molecule has 1 N–H and O–H groups in total. The van der Waals surface area contributed by atoms with Crippen LogP contribution in [0, 0.1) is 5.92 Å². The highest BCUT2D eigenvalue weighted by Gasteiger charge is 2.31. The van der Waals surface area contributed by atoms with Crippen LogP contribution >= 0.6 is 31.9 Å². The number of halogens is 2. The first-order chi connectivity index (χ1) is 12.5. The number of benzene rings is 2. The predicted octanol–water partition coefficient (Wildman–Crippen LogP) is 5.11. The zero-order valence-corrected chi connectivity index (χ0v) is 17.7. The number of likely N-dealkylation sites (tertiary alicyclic amines) is 1. The van der Waals surface area contributed by atoms with Crippen LogP contribution in [0.5, 0.6) is 5.75 Å². The van der Waals surface area contributed by atoms with Gasteiger partial charge in [-0.15, -0.1) is 0 Å². The molecule has 1 unspecified atom stereocenters. The lowest BCUT2D eigenvalue weighted by molar-refractivity contribution is -0.143. The molecule has 1 heterocycles. The number of piperidine rings is 1. The molecular weight excluding hydrogens is 462 g/mol. The summed E-state index contributed by atoms with van der Waals surface area (Å²) in [6.45, 7) is 1.48. The fourth-order valence-electron chi connectivity index (χ4n) is 3.59. The van der Waals surface area contributed by atoms with Crippen molar-refractivity contribution in [3.63, 3.8) is 0 Å². The largest absolute Gasteiger partial charge is 0.496 e. The lowest BCUT2D eigenvalue weighted by Crippen LogP contribution is -2.39. The van der Waals surface area contributed by atoms with Crippen molar-refractivity contribution >= 4 is 37.8 Å². The average molecular weight is 483 g/mol. The SMILES string of the molecule is COc1ccc(Br)cc1C(c1cccc(Br)c1)N1CCC(C(=O)O)CC1. The number of carboxylic acids is 1. The van der Waals surface area contributed by atoms with E-state index in [2.05, 4.69) is 55.0 Å². The normalized spacial score (nSPS) is 17.0. The first kappa shape index (κ1) is 19.4. The van der Waals surface area contributed by atoms with Crippen molar-refractivity contribution in [3.05, 3.63) is 62.5 Å². The second kappa shape index (κ2) is 8.55. The standard InChI is InChI=1S/C20H21Br2NO3/c1-26-18-6-5-16(22)12-17(18)19(14-3-2-4-15(21)11-14)23-9-7-13(8-10-23)20(24)25/h2-6,11-13,19H,7-10H2,1H3,(H,24,25). The second-order valence-electron chi connectivity index (χ2n) is 6.49. The van der Waals surface area contributed by atoms with E-state index in [4.69, 9.17) is 4.74 Å². The molecule has 1 atom stereocenters. The van der Waals surface area contributed by atoms with Crippen LogP contribution in [0.2, 0.25) is 0 Å². The molecular formula is C20H21Br2NO3. The number of aliphatic carboxylic acids is 1. The van der Waals surface area contributed by atoms with Gasteiger partial charge in [-0.05, 0) is 61.8 Å². The third-order valence-electron chi connectivity index (χ3n) is 4.89. The van der Waals surface area contributed by atoms with Crippen molar-refractivity contribution in [1.29, 1.82) is 0 Å². The van der Waals surface area contributed by atoms with Crippen LogP contribution in [-0.2, 0) is 4.79 Å². The molecule has 138 valence electrons. The van der Waals surface area contributed by atoms with Gasteiger partial charge in [0.05, 0.1) is 19.1 Å². The first-order valence-corrected chi connectivity index (χ1v) is 10.1. The van der Waals surface area contributed by atoms with Gasteiger partial charge in [-0.3, -0.25) is 9.69 Å². The Labute approximate surface area is 170 Å². The molecule has 4 nitrogen and oxygen atoms in total. The van der Waals surface area contributed by atoms with Gasteiger partial charge in [-0.2, -0.15) is 0 Å². The number of ether oxygens (including phenoxy) is 1. The van der Waals surface area contributed by atoms with Gasteiger partial charge in [0, 0.05) is 14.5 Å².